The molecule has 2 aliphatic rings. The van der Waals surface area contributed by atoms with Gasteiger partial charge in [0.25, 0.3) is 0 Å². The Balaban J connectivity index is 1.26. The molecule has 2 heteroatoms. The highest BCUT2D eigenvalue weighted by Crippen LogP contribution is 2.46. The Morgan fingerprint density at radius 3 is 1.60 bits per heavy atom. The van der Waals surface area contributed by atoms with Crippen molar-refractivity contribution < 1.29 is 0 Å². The lowest BCUT2D eigenvalue weighted by Gasteiger charge is -2.20. The van der Waals surface area contributed by atoms with Gasteiger partial charge in [0.1, 0.15) is 6.17 Å². The maximum Gasteiger partial charge on any atom is 0.140 e. The van der Waals surface area contributed by atoms with Gasteiger partial charge in [-0.1, -0.05) is 146 Å². The number of benzene rings is 7. The minimum absolute atomic E-state index is 0.0885. The lowest BCUT2D eigenvalue weighted by atomic mass is 9.84. The molecule has 7 aromatic carbocycles. The molecule has 0 radical (unpaired) electrons. The first-order valence-electron chi connectivity index (χ1n) is 15.6. The van der Waals surface area contributed by atoms with Gasteiger partial charge in [-0.2, -0.15) is 0 Å². The van der Waals surface area contributed by atoms with Crippen molar-refractivity contribution >= 4 is 38.0 Å². The van der Waals surface area contributed by atoms with E-state index in [1.807, 2.05) is 0 Å². The Labute approximate surface area is 262 Å². The molecular weight excluding hydrogens is 544 g/mol. The van der Waals surface area contributed by atoms with E-state index in [2.05, 4.69) is 169 Å². The van der Waals surface area contributed by atoms with Gasteiger partial charge in [-0.05, 0) is 77.9 Å². The van der Waals surface area contributed by atoms with Crippen LogP contribution >= 0.6 is 0 Å². The molecule has 0 amide bonds. The molecule has 0 aliphatic carbocycles. The molecule has 1 atom stereocenters. The Bertz CT molecular complexity index is 2290. The molecule has 212 valence electrons. The number of fused-ring (bicyclic) bond motifs is 4. The molecule has 2 nitrogen and oxygen atoms in total. The standard InChI is InChI=1S/C43H30N2/c1-2-12-29(13-3-1)30-21-23-31(24-22-30)42-35-16-6-8-18-37(35)43(38-19-9-7-17-36(38)42)39-26-25-34(32-14-4-5-15-33(32)39)40-28-45-27-11-10-20-41(45)44-40/h1-27,41H,28H2. The van der Waals surface area contributed by atoms with E-state index >= 15 is 0 Å². The van der Waals surface area contributed by atoms with Gasteiger partial charge in [0.05, 0.1) is 12.3 Å². The van der Waals surface area contributed by atoms with Crippen molar-refractivity contribution in [1.29, 1.82) is 0 Å². The third-order valence-electron chi connectivity index (χ3n) is 9.35. The minimum Gasteiger partial charge on any atom is -0.347 e. The van der Waals surface area contributed by atoms with Gasteiger partial charge in [0.2, 0.25) is 0 Å². The van der Waals surface area contributed by atoms with Crippen molar-refractivity contribution in [3.8, 4) is 33.4 Å². The molecule has 0 spiro atoms. The summed E-state index contributed by atoms with van der Waals surface area (Å²) in [6, 6.07) is 50.9. The SMILES string of the molecule is C1=CC2N=C(c3ccc(-c4c5ccccc5c(-c5ccc(-c6ccccc6)cc5)c5ccccc45)c4ccccc34)CN2C=C1. The Morgan fingerprint density at radius 2 is 0.956 bits per heavy atom. The zero-order valence-electron chi connectivity index (χ0n) is 24.8. The first-order valence-corrected chi connectivity index (χ1v) is 15.6. The highest BCUT2D eigenvalue weighted by Gasteiger charge is 2.26. The molecule has 2 aliphatic heterocycles. The van der Waals surface area contributed by atoms with Crippen LogP contribution in [-0.2, 0) is 0 Å². The first-order chi connectivity index (χ1) is 22.3. The first kappa shape index (κ1) is 25.7. The molecule has 0 saturated carbocycles. The van der Waals surface area contributed by atoms with Crippen LogP contribution in [0.3, 0.4) is 0 Å². The molecule has 2 heterocycles. The average molecular weight is 575 g/mol. The zero-order valence-corrected chi connectivity index (χ0v) is 24.8. The van der Waals surface area contributed by atoms with E-state index in [-0.39, 0.29) is 6.17 Å². The minimum atomic E-state index is 0.0885. The normalized spacial score (nSPS) is 15.6. The monoisotopic (exact) mass is 574 g/mol. The summed E-state index contributed by atoms with van der Waals surface area (Å²) in [7, 11) is 0. The number of aliphatic imine (C=N–C) groups is 1. The van der Waals surface area contributed by atoms with Crippen LogP contribution in [0.1, 0.15) is 5.56 Å². The third-order valence-corrected chi connectivity index (χ3v) is 9.35. The Kier molecular flexibility index (Phi) is 5.99. The summed E-state index contributed by atoms with van der Waals surface area (Å²) < 4.78 is 0. The second-order valence-electron chi connectivity index (χ2n) is 11.9. The molecule has 7 aromatic rings. The van der Waals surface area contributed by atoms with Gasteiger partial charge in [-0.15, -0.1) is 0 Å². The van der Waals surface area contributed by atoms with Crippen molar-refractivity contribution in [2.75, 3.05) is 6.54 Å². The smallest absolute Gasteiger partial charge is 0.140 e. The van der Waals surface area contributed by atoms with Crippen molar-refractivity contribution in [2.45, 2.75) is 6.17 Å². The van der Waals surface area contributed by atoms with E-state index in [0.717, 1.165) is 12.3 Å². The number of hydrogen-bond donors (Lipinski definition) is 0. The molecule has 0 bridgehead atoms. The van der Waals surface area contributed by atoms with Gasteiger partial charge >= 0.3 is 0 Å². The van der Waals surface area contributed by atoms with Crippen LogP contribution in [0.2, 0.25) is 0 Å². The summed E-state index contributed by atoms with van der Waals surface area (Å²) in [5.74, 6) is 0. The van der Waals surface area contributed by atoms with Crippen LogP contribution in [0.15, 0.2) is 169 Å². The maximum atomic E-state index is 5.11. The topological polar surface area (TPSA) is 15.6 Å². The quantitative estimate of drug-likeness (QED) is 0.191. The zero-order chi connectivity index (χ0) is 29.7. The van der Waals surface area contributed by atoms with Crippen LogP contribution < -0.4 is 0 Å². The van der Waals surface area contributed by atoms with Crippen molar-refractivity contribution in [3.63, 3.8) is 0 Å². The largest absolute Gasteiger partial charge is 0.347 e. The van der Waals surface area contributed by atoms with Crippen LogP contribution in [0.4, 0.5) is 0 Å². The summed E-state index contributed by atoms with van der Waals surface area (Å²) in [4.78, 5) is 7.40. The predicted octanol–water partition coefficient (Wildman–Crippen LogP) is 10.7. The molecule has 0 saturated heterocycles. The van der Waals surface area contributed by atoms with Crippen LogP contribution in [-0.4, -0.2) is 23.3 Å². The highest BCUT2D eigenvalue weighted by atomic mass is 15.3. The van der Waals surface area contributed by atoms with Gasteiger partial charge in [-0.25, -0.2) is 0 Å². The second-order valence-corrected chi connectivity index (χ2v) is 11.9. The molecule has 0 N–H and O–H groups in total. The van der Waals surface area contributed by atoms with Crippen LogP contribution in [0.5, 0.6) is 0 Å². The van der Waals surface area contributed by atoms with E-state index < -0.39 is 0 Å². The van der Waals surface area contributed by atoms with Crippen molar-refractivity contribution in [2.24, 2.45) is 4.99 Å². The number of rotatable bonds is 4. The fraction of sp³-hybridized carbons (Fsp3) is 0.0465. The second kappa shape index (κ2) is 10.5. The summed E-state index contributed by atoms with van der Waals surface area (Å²) in [5, 5.41) is 7.56. The van der Waals surface area contributed by atoms with Gasteiger partial charge < -0.3 is 4.90 Å². The Morgan fingerprint density at radius 1 is 0.444 bits per heavy atom. The van der Waals surface area contributed by atoms with E-state index in [0.29, 0.717) is 0 Å². The van der Waals surface area contributed by atoms with Gasteiger partial charge in [0, 0.05) is 11.8 Å². The van der Waals surface area contributed by atoms with E-state index in [1.165, 1.54) is 71.3 Å². The molecule has 9 rings (SSSR count). The summed E-state index contributed by atoms with van der Waals surface area (Å²) in [6.07, 6.45) is 8.58. The van der Waals surface area contributed by atoms with E-state index in [4.69, 9.17) is 4.99 Å². The van der Waals surface area contributed by atoms with Crippen molar-refractivity contribution in [3.05, 3.63) is 170 Å². The number of hydrogen-bond acceptors (Lipinski definition) is 2. The van der Waals surface area contributed by atoms with Crippen molar-refractivity contribution in [1.82, 2.24) is 4.90 Å². The molecule has 45 heavy (non-hydrogen) atoms. The molecule has 1 unspecified atom stereocenters. The van der Waals surface area contributed by atoms with Crippen LogP contribution in [0, 0.1) is 0 Å². The fourth-order valence-electron chi connectivity index (χ4n) is 7.27. The summed E-state index contributed by atoms with van der Waals surface area (Å²) in [5.41, 5.74) is 9.87. The Hall–Kier alpha value is -5.73. The number of nitrogens with zero attached hydrogens (tertiary/aromatic N) is 2. The summed E-state index contributed by atoms with van der Waals surface area (Å²) in [6.45, 7) is 0.818. The lowest BCUT2D eigenvalue weighted by molar-refractivity contribution is 0.393. The molecule has 0 aromatic heterocycles. The molecular formula is C43H30N2. The lowest BCUT2D eigenvalue weighted by Crippen LogP contribution is -2.25. The summed E-state index contributed by atoms with van der Waals surface area (Å²) >= 11 is 0. The predicted molar refractivity (Wildman–Crippen MR) is 191 cm³/mol. The number of allylic oxidation sites excluding steroid dienone is 2. The van der Waals surface area contributed by atoms with E-state index in [9.17, 15) is 0 Å². The van der Waals surface area contributed by atoms with E-state index in [1.54, 1.807) is 0 Å². The maximum absolute atomic E-state index is 5.11. The van der Waals surface area contributed by atoms with Gasteiger partial charge in [-0.3, -0.25) is 4.99 Å². The van der Waals surface area contributed by atoms with Gasteiger partial charge in [0.15, 0.2) is 0 Å². The third kappa shape index (κ3) is 4.22. The average Bonchev–Trinajstić information content (AvgIpc) is 3.55. The van der Waals surface area contributed by atoms with Crippen LogP contribution in [0.25, 0.3) is 65.7 Å². The highest BCUT2D eigenvalue weighted by molar-refractivity contribution is 6.25. The molecule has 0 fully saturated rings. The fourth-order valence-corrected chi connectivity index (χ4v) is 7.27.